The Morgan fingerprint density at radius 2 is 1.67 bits per heavy atom. The second kappa shape index (κ2) is 13.9. The number of para-hydroxylation sites is 1. The van der Waals surface area contributed by atoms with Crippen molar-refractivity contribution in [3.63, 3.8) is 0 Å². The molecule has 1 heterocycles. The molecule has 1 unspecified atom stereocenters. The van der Waals surface area contributed by atoms with Crippen LogP contribution in [0.3, 0.4) is 0 Å². The van der Waals surface area contributed by atoms with Crippen molar-refractivity contribution in [2.75, 3.05) is 51.3 Å². The number of ketones is 1. The average Bonchev–Trinajstić information content (AvgIpc) is 2.92. The van der Waals surface area contributed by atoms with Gasteiger partial charge < -0.3 is 19.5 Å². The summed E-state index contributed by atoms with van der Waals surface area (Å²) in [5, 5.41) is 10.6. The molecule has 1 fully saturated rings. The first-order valence-electron chi connectivity index (χ1n) is 12.2. The summed E-state index contributed by atoms with van der Waals surface area (Å²) in [6.45, 7) is 4.19. The highest BCUT2D eigenvalue weighted by molar-refractivity contribution is 5.98. The van der Waals surface area contributed by atoms with E-state index < -0.39 is 6.10 Å². The van der Waals surface area contributed by atoms with E-state index in [4.69, 9.17) is 9.47 Å². The van der Waals surface area contributed by atoms with E-state index in [0.717, 1.165) is 43.2 Å². The average molecular weight is 511 g/mol. The minimum Gasteiger partial charge on any atom is -0.497 e. The van der Waals surface area contributed by atoms with Crippen molar-refractivity contribution in [3.8, 4) is 11.5 Å². The summed E-state index contributed by atoms with van der Waals surface area (Å²) in [5.41, 5.74) is 2.87. The smallest absolute Gasteiger partial charge is 0.166 e. The van der Waals surface area contributed by atoms with Gasteiger partial charge in [0, 0.05) is 50.9 Å². The maximum atomic E-state index is 12.8. The van der Waals surface area contributed by atoms with Crippen molar-refractivity contribution in [3.05, 3.63) is 90.0 Å². The molecule has 6 nitrogen and oxygen atoms in total. The molecule has 3 aromatic carbocycles. The predicted molar refractivity (Wildman–Crippen MR) is 146 cm³/mol. The minimum absolute atomic E-state index is 0. The van der Waals surface area contributed by atoms with Crippen LogP contribution in [0.5, 0.6) is 11.5 Å². The molecular weight excluding hydrogens is 476 g/mol. The molecule has 36 heavy (non-hydrogen) atoms. The van der Waals surface area contributed by atoms with E-state index in [1.807, 2.05) is 54.6 Å². The van der Waals surface area contributed by atoms with Crippen LogP contribution in [0.15, 0.2) is 78.9 Å². The number of β-amino-alcohol motifs (C(OH)–C–C–N with tert-alkyl or cyclic N) is 1. The highest BCUT2D eigenvalue weighted by atomic mass is 35.5. The fraction of sp³-hybridized carbons (Fsp3) is 0.345. The van der Waals surface area contributed by atoms with Gasteiger partial charge in [-0.1, -0.05) is 48.5 Å². The first-order valence-corrected chi connectivity index (χ1v) is 12.2. The standard InChI is InChI=1S/C29H34N2O4.ClH/c1-34-26-11-7-10-24(20-26)31-18-16-30(17-19-31)21-25(32)22-35-29-13-6-5-12-27(29)28(33)15-14-23-8-3-2-4-9-23;/h2-13,20,25,32H,14-19,21-22H2,1H3;1H. The largest absolute Gasteiger partial charge is 0.497 e. The van der Waals surface area contributed by atoms with Crippen LogP contribution in [-0.4, -0.2) is 68.3 Å². The zero-order valence-electron chi connectivity index (χ0n) is 20.7. The summed E-state index contributed by atoms with van der Waals surface area (Å²) < 4.78 is 11.2. The van der Waals surface area contributed by atoms with Gasteiger partial charge in [0.25, 0.3) is 0 Å². The number of nitrogens with zero attached hydrogens (tertiary/aromatic N) is 2. The molecule has 0 radical (unpaired) electrons. The van der Waals surface area contributed by atoms with Gasteiger partial charge in [-0.25, -0.2) is 0 Å². The second-order valence-electron chi connectivity index (χ2n) is 8.86. The summed E-state index contributed by atoms with van der Waals surface area (Å²) in [4.78, 5) is 17.4. The monoisotopic (exact) mass is 510 g/mol. The number of anilines is 1. The van der Waals surface area contributed by atoms with Crippen LogP contribution in [0.1, 0.15) is 22.3 Å². The lowest BCUT2D eigenvalue weighted by Crippen LogP contribution is -2.49. The molecule has 0 aromatic heterocycles. The zero-order chi connectivity index (χ0) is 24.5. The number of rotatable bonds is 11. The van der Waals surface area contributed by atoms with Crippen molar-refractivity contribution < 1.29 is 19.4 Å². The van der Waals surface area contributed by atoms with Crippen molar-refractivity contribution >= 4 is 23.9 Å². The maximum absolute atomic E-state index is 12.8. The summed E-state index contributed by atoms with van der Waals surface area (Å²) in [7, 11) is 1.68. The molecular formula is C29H35ClN2O4. The molecule has 1 N–H and O–H groups in total. The van der Waals surface area contributed by atoms with E-state index in [0.29, 0.717) is 30.7 Å². The molecule has 0 bridgehead atoms. The molecule has 7 heteroatoms. The first kappa shape index (κ1) is 27.5. The van der Waals surface area contributed by atoms with Crippen LogP contribution < -0.4 is 14.4 Å². The third-order valence-corrected chi connectivity index (χ3v) is 6.36. The third-order valence-electron chi connectivity index (χ3n) is 6.36. The summed E-state index contributed by atoms with van der Waals surface area (Å²) in [6.07, 6.45) is 0.480. The van der Waals surface area contributed by atoms with Gasteiger partial charge in [-0.05, 0) is 36.2 Å². The Labute approximate surface area is 219 Å². The van der Waals surface area contributed by atoms with Crippen LogP contribution in [0, 0.1) is 0 Å². The van der Waals surface area contributed by atoms with E-state index in [-0.39, 0.29) is 24.8 Å². The highest BCUT2D eigenvalue weighted by Crippen LogP contribution is 2.23. The lowest BCUT2D eigenvalue weighted by molar-refractivity contribution is 0.0655. The number of piperazine rings is 1. The van der Waals surface area contributed by atoms with Gasteiger partial charge in [-0.3, -0.25) is 9.69 Å². The summed E-state index contributed by atoms with van der Waals surface area (Å²) in [6, 6.07) is 25.4. The number of carbonyl (C=O) groups excluding carboxylic acids is 1. The number of ether oxygens (including phenoxy) is 2. The molecule has 1 aliphatic rings. The van der Waals surface area contributed by atoms with Gasteiger partial charge in [0.15, 0.2) is 5.78 Å². The highest BCUT2D eigenvalue weighted by Gasteiger charge is 2.21. The Balaban J connectivity index is 0.00000361. The molecule has 0 spiro atoms. The Morgan fingerprint density at radius 1 is 0.944 bits per heavy atom. The predicted octanol–water partition coefficient (Wildman–Crippen LogP) is 4.49. The van der Waals surface area contributed by atoms with Crippen molar-refractivity contribution in [1.82, 2.24) is 4.90 Å². The Kier molecular flexibility index (Phi) is 10.6. The molecule has 4 rings (SSSR count). The van der Waals surface area contributed by atoms with Gasteiger partial charge >= 0.3 is 0 Å². The normalized spacial score (nSPS) is 14.6. The number of halogens is 1. The molecule has 0 saturated carbocycles. The van der Waals surface area contributed by atoms with E-state index in [1.54, 1.807) is 19.2 Å². The van der Waals surface area contributed by atoms with Crippen LogP contribution >= 0.6 is 12.4 Å². The Bertz CT molecular complexity index is 1090. The van der Waals surface area contributed by atoms with Crippen molar-refractivity contribution in [2.24, 2.45) is 0 Å². The van der Waals surface area contributed by atoms with E-state index in [9.17, 15) is 9.90 Å². The number of Topliss-reactive ketones (excluding diaryl/α,β-unsaturated/α-hetero) is 1. The van der Waals surface area contributed by atoms with Crippen molar-refractivity contribution in [1.29, 1.82) is 0 Å². The SMILES string of the molecule is COc1cccc(N2CCN(CC(O)COc3ccccc3C(=O)CCc3ccccc3)CC2)c1.Cl. The van der Waals surface area contributed by atoms with Gasteiger partial charge in [0.2, 0.25) is 0 Å². The first-order chi connectivity index (χ1) is 17.1. The zero-order valence-corrected chi connectivity index (χ0v) is 21.5. The number of aliphatic hydroxyl groups is 1. The quantitative estimate of drug-likeness (QED) is 0.383. The Morgan fingerprint density at radius 3 is 2.42 bits per heavy atom. The number of carbonyl (C=O) groups is 1. The van der Waals surface area contributed by atoms with Gasteiger partial charge in [-0.2, -0.15) is 0 Å². The molecule has 0 aliphatic carbocycles. The number of methoxy groups -OCH3 is 1. The van der Waals surface area contributed by atoms with E-state index in [1.165, 1.54) is 0 Å². The number of hydrogen-bond acceptors (Lipinski definition) is 6. The molecule has 0 amide bonds. The van der Waals surface area contributed by atoms with Crippen LogP contribution in [0.4, 0.5) is 5.69 Å². The fourth-order valence-corrected chi connectivity index (χ4v) is 4.39. The summed E-state index contributed by atoms with van der Waals surface area (Å²) >= 11 is 0. The van der Waals surface area contributed by atoms with Gasteiger partial charge in [-0.15, -0.1) is 12.4 Å². The van der Waals surface area contributed by atoms with Crippen LogP contribution in [-0.2, 0) is 6.42 Å². The number of aliphatic hydroxyl groups excluding tert-OH is 1. The third kappa shape index (κ3) is 7.72. The minimum atomic E-state index is -0.633. The Hall–Kier alpha value is -3.06. The lowest BCUT2D eigenvalue weighted by Gasteiger charge is -2.37. The fourth-order valence-electron chi connectivity index (χ4n) is 4.39. The molecule has 1 aliphatic heterocycles. The van der Waals surface area contributed by atoms with Crippen LogP contribution in [0.2, 0.25) is 0 Å². The molecule has 3 aromatic rings. The lowest BCUT2D eigenvalue weighted by atomic mass is 10.0. The van der Waals surface area contributed by atoms with E-state index in [2.05, 4.69) is 21.9 Å². The topological polar surface area (TPSA) is 62.2 Å². The maximum Gasteiger partial charge on any atom is 0.166 e. The number of aryl methyl sites for hydroxylation is 1. The molecule has 192 valence electrons. The summed E-state index contributed by atoms with van der Waals surface area (Å²) in [5.74, 6) is 1.44. The number of benzene rings is 3. The molecule has 1 saturated heterocycles. The van der Waals surface area contributed by atoms with Gasteiger partial charge in [0.05, 0.1) is 12.7 Å². The number of hydrogen-bond donors (Lipinski definition) is 1. The van der Waals surface area contributed by atoms with Crippen LogP contribution in [0.25, 0.3) is 0 Å². The molecule has 1 atom stereocenters. The van der Waals surface area contributed by atoms with E-state index >= 15 is 0 Å². The van der Waals surface area contributed by atoms with Crippen molar-refractivity contribution in [2.45, 2.75) is 18.9 Å². The second-order valence-corrected chi connectivity index (χ2v) is 8.86. The van der Waals surface area contributed by atoms with Gasteiger partial charge in [0.1, 0.15) is 24.2 Å².